The smallest absolute Gasteiger partial charge is 0.408 e. The maximum absolute atomic E-state index is 12.1. The zero-order valence-corrected chi connectivity index (χ0v) is 19.0. The van der Waals surface area contributed by atoms with Crippen molar-refractivity contribution in [3.63, 3.8) is 0 Å². The van der Waals surface area contributed by atoms with Crippen LogP contribution in [0, 0.1) is 0 Å². The fourth-order valence-corrected chi connectivity index (χ4v) is 3.15. The van der Waals surface area contributed by atoms with E-state index < -0.39 is 24.7 Å². The summed E-state index contributed by atoms with van der Waals surface area (Å²) < 4.78 is 38.4. The monoisotopic (exact) mass is 502 g/mol. The predicted molar refractivity (Wildman–Crippen MR) is 122 cm³/mol. The highest BCUT2D eigenvalue weighted by Gasteiger charge is 2.26. The van der Waals surface area contributed by atoms with E-state index in [1.165, 1.54) is 0 Å². The average molecular weight is 503 g/mol. The molecule has 0 aliphatic carbocycles. The fourth-order valence-electron chi connectivity index (χ4n) is 2.25. The van der Waals surface area contributed by atoms with Gasteiger partial charge in [0, 0.05) is 38.0 Å². The van der Waals surface area contributed by atoms with Gasteiger partial charge in [-0.3, -0.25) is 0 Å². The number of guanidine groups is 1. The van der Waals surface area contributed by atoms with Crippen molar-refractivity contribution in [2.24, 2.45) is 17.8 Å². The number of hydrogen-bond donors (Lipinski definition) is 4. The number of alkyl halides is 3. The summed E-state index contributed by atoms with van der Waals surface area (Å²) in [6.07, 6.45) is 3.40. The van der Waals surface area contributed by atoms with Crippen LogP contribution in [0.3, 0.4) is 0 Å². The number of unbranched alkanes of at least 4 members (excludes halogenated alkanes) is 1. The third kappa shape index (κ3) is 13.8. The van der Waals surface area contributed by atoms with Gasteiger partial charge in [-0.25, -0.2) is 24.5 Å². The molecule has 0 saturated carbocycles. The Morgan fingerprint density at radius 3 is 2.47 bits per heavy atom. The van der Waals surface area contributed by atoms with Crippen molar-refractivity contribution in [3.8, 4) is 0 Å². The number of aromatic nitrogens is 3. The number of nitrogens with two attached hydrogens (primary N) is 1. The second-order valence-electron chi connectivity index (χ2n) is 6.57. The molecule has 0 unspecified atom stereocenters. The van der Waals surface area contributed by atoms with Crippen LogP contribution in [0.25, 0.3) is 0 Å². The number of carboxylic acid groups (broad SMARTS) is 2. The number of thioether (sulfide) groups is 1. The first-order valence-electron chi connectivity index (χ1n) is 9.80. The number of aryl methyl sites for hydroxylation is 2. The molecule has 0 saturated heterocycles. The zero-order valence-electron chi connectivity index (χ0n) is 18.2. The Morgan fingerprint density at radius 2 is 1.91 bits per heavy atom. The van der Waals surface area contributed by atoms with Crippen molar-refractivity contribution in [3.05, 3.63) is 48.6 Å². The van der Waals surface area contributed by atoms with Crippen molar-refractivity contribution in [1.29, 1.82) is 0 Å². The molecule has 0 amide bonds. The number of carbonyl (C=O) groups is 2. The second kappa shape index (κ2) is 14.6. The third-order valence-corrected chi connectivity index (χ3v) is 4.76. The van der Waals surface area contributed by atoms with Crippen LogP contribution in [0.4, 0.5) is 19.0 Å². The second-order valence-corrected chi connectivity index (χ2v) is 7.69. The third-order valence-electron chi connectivity index (χ3n) is 3.74. The quantitative estimate of drug-likeness (QED) is 0.126. The average Bonchev–Trinajstić information content (AvgIpc) is 3.15. The van der Waals surface area contributed by atoms with Crippen molar-refractivity contribution in [2.45, 2.75) is 30.5 Å². The Labute approximate surface area is 197 Å². The summed E-state index contributed by atoms with van der Waals surface area (Å²) in [5, 5.41) is 19.0. The molecule has 5 N–H and O–H groups in total. The molecule has 2 aromatic heterocycles. The predicted octanol–water partition coefficient (Wildman–Crippen LogP) is 2.93. The van der Waals surface area contributed by atoms with Crippen LogP contribution in [0.2, 0.25) is 0 Å². The van der Waals surface area contributed by atoms with Gasteiger partial charge in [0.2, 0.25) is 0 Å². The number of hydrogen-bond acceptors (Lipinski definition) is 6. The van der Waals surface area contributed by atoms with E-state index in [2.05, 4.69) is 20.3 Å². The SMILES string of the molecule is Cn1ccnc1CCCCSc1cccc(NC(N)=NCC(F)(F)F)n1.O=C(O)/C=C\C(=O)O. The van der Waals surface area contributed by atoms with E-state index in [0.717, 1.165) is 35.9 Å². The first kappa shape index (κ1) is 28.5. The highest BCUT2D eigenvalue weighted by atomic mass is 32.2. The van der Waals surface area contributed by atoms with Crippen molar-refractivity contribution >= 4 is 35.5 Å². The number of aliphatic imine (C=N–C) groups is 1. The minimum Gasteiger partial charge on any atom is -0.478 e. The molecule has 0 spiro atoms. The standard InChI is InChI=1S/C16H21F3N6S.C4H4O4/c1-25-9-8-21-13(25)6-2-3-10-26-14-7-4-5-12(23-14)24-15(20)22-11-16(17,18)19;5-3(6)1-2-4(7)8/h4-5,7-9H,2-3,6,10-11H2,1H3,(H3,20,22,23,24);1-2H,(H,5,6)(H,7,8)/b;2-1-. The molecule has 10 nitrogen and oxygen atoms in total. The highest BCUT2D eigenvalue weighted by molar-refractivity contribution is 7.99. The maximum atomic E-state index is 12.1. The van der Waals surface area contributed by atoms with Crippen LogP contribution in [0.5, 0.6) is 0 Å². The maximum Gasteiger partial charge on any atom is 0.408 e. The van der Waals surface area contributed by atoms with Gasteiger partial charge in [-0.05, 0) is 30.7 Å². The summed E-state index contributed by atoms with van der Waals surface area (Å²) in [4.78, 5) is 30.9. The Balaban J connectivity index is 0.000000620. The van der Waals surface area contributed by atoms with Gasteiger partial charge in [0.15, 0.2) is 5.96 Å². The lowest BCUT2D eigenvalue weighted by molar-refractivity contribution is -0.134. The van der Waals surface area contributed by atoms with E-state index in [4.69, 9.17) is 15.9 Å². The number of pyridine rings is 1. The van der Waals surface area contributed by atoms with Crippen LogP contribution in [-0.4, -0.2) is 61.1 Å². The molecule has 0 radical (unpaired) electrons. The summed E-state index contributed by atoms with van der Waals surface area (Å²) in [7, 11) is 1.98. The van der Waals surface area contributed by atoms with Gasteiger partial charge in [-0.1, -0.05) is 6.07 Å². The lowest BCUT2D eigenvalue weighted by Gasteiger charge is -2.08. The van der Waals surface area contributed by atoms with Crippen LogP contribution in [0.1, 0.15) is 18.7 Å². The van der Waals surface area contributed by atoms with Crippen LogP contribution >= 0.6 is 11.8 Å². The van der Waals surface area contributed by atoms with E-state index in [0.29, 0.717) is 18.0 Å². The Hall–Kier alpha value is -3.55. The molecule has 186 valence electrons. The van der Waals surface area contributed by atoms with Crippen LogP contribution in [-0.2, 0) is 23.1 Å². The molecule has 0 atom stereocenters. The molecule has 34 heavy (non-hydrogen) atoms. The van der Waals surface area contributed by atoms with Crippen LogP contribution < -0.4 is 11.1 Å². The number of halogens is 3. The minimum absolute atomic E-state index is 0.313. The van der Waals surface area contributed by atoms with Crippen molar-refractivity contribution in [2.75, 3.05) is 17.6 Å². The molecule has 0 aliphatic heterocycles. The lowest BCUT2D eigenvalue weighted by atomic mass is 10.2. The summed E-state index contributed by atoms with van der Waals surface area (Å²) in [6.45, 7) is -1.32. The summed E-state index contributed by atoms with van der Waals surface area (Å²) in [6, 6.07) is 5.24. The Morgan fingerprint density at radius 1 is 1.24 bits per heavy atom. The minimum atomic E-state index is -4.38. The topological polar surface area (TPSA) is 156 Å². The Kier molecular flexibility index (Phi) is 12.2. The van der Waals surface area contributed by atoms with E-state index in [1.807, 2.05) is 23.9 Å². The molecule has 0 fully saturated rings. The van der Waals surface area contributed by atoms with Crippen molar-refractivity contribution in [1.82, 2.24) is 14.5 Å². The number of rotatable bonds is 10. The summed E-state index contributed by atoms with van der Waals surface area (Å²) in [5.41, 5.74) is 5.45. The van der Waals surface area contributed by atoms with Gasteiger partial charge in [-0.2, -0.15) is 13.2 Å². The van der Waals surface area contributed by atoms with Crippen LogP contribution in [0.15, 0.2) is 52.8 Å². The Bertz CT molecular complexity index is 979. The molecule has 0 aromatic carbocycles. The normalized spacial score (nSPS) is 11.7. The fraction of sp³-hybridized carbons (Fsp3) is 0.350. The zero-order chi connectivity index (χ0) is 25.6. The number of aliphatic carboxylic acids is 2. The molecule has 2 aromatic rings. The van der Waals surface area contributed by atoms with E-state index in [-0.39, 0.29) is 5.96 Å². The van der Waals surface area contributed by atoms with E-state index in [1.54, 1.807) is 30.1 Å². The molecule has 0 bridgehead atoms. The highest BCUT2D eigenvalue weighted by Crippen LogP contribution is 2.19. The summed E-state index contributed by atoms with van der Waals surface area (Å²) in [5.74, 6) is -0.510. The van der Waals surface area contributed by atoms with Gasteiger partial charge in [0.1, 0.15) is 18.2 Å². The molecule has 0 aliphatic rings. The van der Waals surface area contributed by atoms with Gasteiger partial charge < -0.3 is 25.8 Å². The van der Waals surface area contributed by atoms with Gasteiger partial charge in [0.25, 0.3) is 0 Å². The van der Waals surface area contributed by atoms with Gasteiger partial charge in [0.05, 0.1) is 5.03 Å². The van der Waals surface area contributed by atoms with E-state index >= 15 is 0 Å². The largest absolute Gasteiger partial charge is 0.478 e. The molecule has 2 rings (SSSR count). The number of nitrogens with zero attached hydrogens (tertiary/aromatic N) is 4. The molecular formula is C20H25F3N6O4S. The molecule has 14 heteroatoms. The number of imidazole rings is 1. The molecular weight excluding hydrogens is 477 g/mol. The first-order chi connectivity index (χ1) is 16.0. The number of nitrogens with one attached hydrogen (secondary N) is 1. The van der Waals surface area contributed by atoms with Gasteiger partial charge >= 0.3 is 18.1 Å². The number of carboxylic acids is 2. The summed E-state index contributed by atoms with van der Waals surface area (Å²) >= 11 is 1.58. The lowest BCUT2D eigenvalue weighted by Crippen LogP contribution is -2.26. The van der Waals surface area contributed by atoms with Gasteiger partial charge in [-0.15, -0.1) is 11.8 Å². The first-order valence-corrected chi connectivity index (χ1v) is 10.8. The van der Waals surface area contributed by atoms with Crippen molar-refractivity contribution < 1.29 is 33.0 Å². The van der Waals surface area contributed by atoms with E-state index in [9.17, 15) is 22.8 Å². The number of anilines is 1. The molecule has 2 heterocycles.